The van der Waals surface area contributed by atoms with Crippen LogP contribution in [0.2, 0.25) is 0 Å². The van der Waals surface area contributed by atoms with Gasteiger partial charge in [0.05, 0.1) is 29.2 Å². The first-order valence-electron chi connectivity index (χ1n) is 8.56. The normalized spacial score (nSPS) is 13.6. The Bertz CT molecular complexity index is 1240. The van der Waals surface area contributed by atoms with E-state index in [1.807, 2.05) is 4.98 Å². The molecule has 2 aromatic heterocycles. The predicted octanol–water partition coefficient (Wildman–Crippen LogP) is 3.48. The Morgan fingerprint density at radius 3 is 2.41 bits per heavy atom. The molecule has 7 nitrogen and oxygen atoms in total. The SMILES string of the molecule is CO[C@@H](CO)CSc1c(-c2nc(C(F)(F)F)cs2)c(C(F)(F)F)cc2c(=O)[nH]c(=O)[nH]c12. The number of aromatic nitrogens is 3. The van der Waals surface area contributed by atoms with E-state index in [2.05, 4.69) is 9.97 Å². The van der Waals surface area contributed by atoms with Gasteiger partial charge in [-0.2, -0.15) is 26.3 Å². The van der Waals surface area contributed by atoms with Gasteiger partial charge in [0.15, 0.2) is 5.69 Å². The molecule has 0 bridgehead atoms. The summed E-state index contributed by atoms with van der Waals surface area (Å²) < 4.78 is 85.8. The smallest absolute Gasteiger partial charge is 0.394 e. The molecule has 0 aliphatic carbocycles. The second-order valence-electron chi connectivity index (χ2n) is 6.34. The van der Waals surface area contributed by atoms with Gasteiger partial charge in [0.1, 0.15) is 5.01 Å². The van der Waals surface area contributed by atoms with Gasteiger partial charge in [-0.15, -0.1) is 23.1 Å². The van der Waals surface area contributed by atoms with E-state index < -0.39 is 63.5 Å². The first kappa shape index (κ1) is 24.3. The van der Waals surface area contributed by atoms with Crippen LogP contribution in [0.1, 0.15) is 11.3 Å². The van der Waals surface area contributed by atoms with Gasteiger partial charge in [0.2, 0.25) is 0 Å². The number of thioether (sulfide) groups is 1. The average molecular weight is 501 g/mol. The number of H-pyrrole nitrogens is 2. The molecule has 0 spiro atoms. The zero-order valence-corrected chi connectivity index (χ0v) is 17.5. The lowest BCUT2D eigenvalue weighted by molar-refractivity contribution is -0.140. The molecule has 0 amide bonds. The number of aromatic amines is 2. The van der Waals surface area contributed by atoms with Crippen molar-refractivity contribution in [1.29, 1.82) is 0 Å². The Morgan fingerprint density at radius 1 is 1.19 bits per heavy atom. The predicted molar refractivity (Wildman–Crippen MR) is 105 cm³/mol. The number of methoxy groups -OCH3 is 1. The summed E-state index contributed by atoms with van der Waals surface area (Å²) in [6.07, 6.45) is -10.8. The summed E-state index contributed by atoms with van der Waals surface area (Å²) in [7, 11) is 1.25. The molecule has 174 valence electrons. The number of halogens is 6. The van der Waals surface area contributed by atoms with E-state index in [0.717, 1.165) is 0 Å². The van der Waals surface area contributed by atoms with Gasteiger partial charge in [-0.1, -0.05) is 0 Å². The summed E-state index contributed by atoms with van der Waals surface area (Å²) in [6, 6.07) is 0.456. The lowest BCUT2D eigenvalue weighted by atomic mass is 10.0. The van der Waals surface area contributed by atoms with Crippen LogP contribution in [0.4, 0.5) is 26.3 Å². The van der Waals surface area contributed by atoms with Gasteiger partial charge in [-0.05, 0) is 6.07 Å². The van der Waals surface area contributed by atoms with Gasteiger partial charge in [-0.25, -0.2) is 9.78 Å². The maximum Gasteiger partial charge on any atom is 0.434 e. The second-order valence-corrected chi connectivity index (χ2v) is 8.23. The molecule has 1 aromatic carbocycles. The summed E-state index contributed by atoms with van der Waals surface area (Å²) in [5, 5.41) is 8.75. The average Bonchev–Trinajstić information content (AvgIpc) is 3.18. The van der Waals surface area contributed by atoms with Crippen molar-refractivity contribution in [1.82, 2.24) is 15.0 Å². The zero-order valence-electron chi connectivity index (χ0n) is 15.8. The maximum absolute atomic E-state index is 13.9. The Kier molecular flexibility index (Phi) is 6.74. The van der Waals surface area contributed by atoms with E-state index in [1.165, 1.54) is 7.11 Å². The van der Waals surface area contributed by atoms with Crippen molar-refractivity contribution in [3.63, 3.8) is 0 Å². The Hall–Kier alpha value is -2.36. The van der Waals surface area contributed by atoms with Crippen molar-refractivity contribution in [3.05, 3.63) is 43.5 Å². The quantitative estimate of drug-likeness (QED) is 0.353. The highest BCUT2D eigenvalue weighted by Crippen LogP contribution is 2.46. The van der Waals surface area contributed by atoms with Crippen LogP contribution < -0.4 is 11.2 Å². The van der Waals surface area contributed by atoms with Crippen LogP contribution >= 0.6 is 23.1 Å². The van der Waals surface area contributed by atoms with Crippen LogP contribution in [0, 0.1) is 0 Å². The van der Waals surface area contributed by atoms with Crippen molar-refractivity contribution < 1.29 is 36.2 Å². The fraction of sp³-hybridized carbons (Fsp3) is 0.353. The van der Waals surface area contributed by atoms with E-state index >= 15 is 0 Å². The largest absolute Gasteiger partial charge is 0.434 e. The molecule has 3 N–H and O–H groups in total. The lowest BCUT2D eigenvalue weighted by Crippen LogP contribution is -2.24. The number of benzene rings is 1. The topological polar surface area (TPSA) is 108 Å². The standard InChI is InChI=1S/C17H13F6N3O4S2/c1-30-6(3-27)4-31-12-10(14-24-9(5-32-14)17(21,22)23)8(16(18,19)20)2-7-11(12)25-15(29)26-13(7)28/h2,5-6,27H,3-4H2,1H3,(H2,25,26,28,29)/t6-/m0/s1. The Labute approximate surface area is 182 Å². The van der Waals surface area contributed by atoms with E-state index in [0.29, 0.717) is 34.5 Å². The fourth-order valence-corrected chi connectivity index (χ4v) is 4.95. The minimum atomic E-state index is -5.07. The van der Waals surface area contributed by atoms with E-state index in [9.17, 15) is 41.0 Å². The van der Waals surface area contributed by atoms with Gasteiger partial charge >= 0.3 is 18.0 Å². The fourth-order valence-electron chi connectivity index (χ4n) is 2.75. The molecule has 2 heterocycles. The van der Waals surface area contributed by atoms with Gasteiger partial charge in [0.25, 0.3) is 5.56 Å². The number of alkyl halides is 6. The molecule has 15 heteroatoms. The van der Waals surface area contributed by atoms with E-state index in [-0.39, 0.29) is 16.2 Å². The number of hydrogen-bond acceptors (Lipinski definition) is 7. The summed E-state index contributed by atoms with van der Waals surface area (Å²) in [5.74, 6) is -0.136. The van der Waals surface area contributed by atoms with Gasteiger partial charge in [-0.3, -0.25) is 9.78 Å². The van der Waals surface area contributed by atoms with E-state index in [4.69, 9.17) is 4.74 Å². The molecule has 0 aliphatic heterocycles. The molecule has 3 rings (SSSR count). The minimum absolute atomic E-state index is 0.136. The molecule has 0 unspecified atom stereocenters. The summed E-state index contributed by atoms with van der Waals surface area (Å²) in [5.41, 5.74) is -5.93. The van der Waals surface area contributed by atoms with Crippen LogP contribution in [0.15, 0.2) is 25.9 Å². The number of aliphatic hydroxyl groups excluding tert-OH is 1. The van der Waals surface area contributed by atoms with Gasteiger partial charge < -0.3 is 14.8 Å². The molecule has 0 aliphatic rings. The molecule has 0 saturated heterocycles. The summed E-state index contributed by atoms with van der Waals surface area (Å²) in [4.78, 5) is 31.1. The molecule has 0 radical (unpaired) electrons. The third kappa shape index (κ3) is 4.84. The molecule has 0 saturated carbocycles. The van der Waals surface area contributed by atoms with Crippen LogP contribution in [0.3, 0.4) is 0 Å². The van der Waals surface area contributed by atoms with Crippen LogP contribution in [0.5, 0.6) is 0 Å². The zero-order chi connectivity index (χ0) is 23.8. The molecule has 3 aromatic rings. The molecule has 1 atom stereocenters. The van der Waals surface area contributed by atoms with Crippen molar-refractivity contribution >= 4 is 34.0 Å². The Morgan fingerprint density at radius 2 is 1.88 bits per heavy atom. The lowest BCUT2D eigenvalue weighted by Gasteiger charge is -2.19. The molecule has 0 fully saturated rings. The highest BCUT2D eigenvalue weighted by molar-refractivity contribution is 7.99. The monoisotopic (exact) mass is 501 g/mol. The summed E-state index contributed by atoms with van der Waals surface area (Å²) >= 11 is 1.00. The number of aliphatic hydroxyl groups is 1. The second kappa shape index (κ2) is 8.88. The third-order valence-electron chi connectivity index (χ3n) is 4.26. The van der Waals surface area contributed by atoms with Crippen molar-refractivity contribution in [3.8, 4) is 10.6 Å². The van der Waals surface area contributed by atoms with Crippen LogP contribution in [0.25, 0.3) is 21.5 Å². The molecular formula is C17H13F6N3O4S2. The maximum atomic E-state index is 13.9. The third-order valence-corrected chi connectivity index (χ3v) is 6.35. The van der Waals surface area contributed by atoms with Crippen molar-refractivity contribution in [2.75, 3.05) is 19.5 Å². The molecule has 32 heavy (non-hydrogen) atoms. The Balaban J connectivity index is 2.40. The number of rotatable bonds is 6. The number of thiazole rings is 1. The summed E-state index contributed by atoms with van der Waals surface area (Å²) in [6.45, 7) is -0.498. The highest BCUT2D eigenvalue weighted by Gasteiger charge is 2.39. The number of hydrogen-bond donors (Lipinski definition) is 3. The first-order chi connectivity index (χ1) is 14.9. The number of nitrogens with zero attached hydrogens (tertiary/aromatic N) is 1. The molecular weight excluding hydrogens is 488 g/mol. The highest BCUT2D eigenvalue weighted by atomic mass is 32.2. The minimum Gasteiger partial charge on any atom is -0.394 e. The van der Waals surface area contributed by atoms with Gasteiger partial charge in [0, 0.05) is 28.7 Å². The number of nitrogens with one attached hydrogen (secondary N) is 2. The van der Waals surface area contributed by atoms with Crippen molar-refractivity contribution in [2.45, 2.75) is 23.4 Å². The van der Waals surface area contributed by atoms with Crippen LogP contribution in [-0.4, -0.2) is 45.6 Å². The van der Waals surface area contributed by atoms with Crippen molar-refractivity contribution in [2.24, 2.45) is 0 Å². The first-order valence-corrected chi connectivity index (χ1v) is 10.4. The number of ether oxygens (including phenoxy) is 1. The van der Waals surface area contributed by atoms with E-state index in [1.54, 1.807) is 0 Å². The van der Waals surface area contributed by atoms with Crippen LogP contribution in [-0.2, 0) is 17.1 Å². The number of fused-ring (bicyclic) bond motifs is 1.